The molecule has 2 aromatic rings. The molecule has 0 amide bonds. The molecule has 1 atom stereocenters. The predicted molar refractivity (Wildman–Crippen MR) is 85.4 cm³/mol. The number of nitrogens with one attached hydrogen (secondary N) is 2. The van der Waals surface area contributed by atoms with Crippen molar-refractivity contribution in [3.8, 4) is 11.1 Å². The summed E-state index contributed by atoms with van der Waals surface area (Å²) in [6.07, 6.45) is 1.82. The molecule has 0 saturated carbocycles. The Labute approximate surface area is 122 Å². The van der Waals surface area contributed by atoms with Gasteiger partial charge in [0.15, 0.2) is 0 Å². The molecule has 2 heterocycles. The molecule has 0 spiro atoms. The van der Waals surface area contributed by atoms with Gasteiger partial charge in [0.2, 0.25) is 5.96 Å². The van der Waals surface area contributed by atoms with Crippen molar-refractivity contribution in [2.75, 3.05) is 6.54 Å². The van der Waals surface area contributed by atoms with Gasteiger partial charge in [0.1, 0.15) is 0 Å². The van der Waals surface area contributed by atoms with Crippen LogP contribution in [0.15, 0.2) is 51.9 Å². The summed E-state index contributed by atoms with van der Waals surface area (Å²) in [5.74, 6) is 0.744. The smallest absolute Gasteiger partial charge is 0.212 e. The van der Waals surface area contributed by atoms with E-state index in [1.54, 1.807) is 11.3 Å². The first kappa shape index (κ1) is 12.9. The van der Waals surface area contributed by atoms with Gasteiger partial charge in [-0.25, -0.2) is 10.4 Å². The second kappa shape index (κ2) is 5.88. The molecule has 20 heavy (non-hydrogen) atoms. The van der Waals surface area contributed by atoms with Crippen molar-refractivity contribution >= 4 is 23.5 Å². The summed E-state index contributed by atoms with van der Waals surface area (Å²) in [4.78, 5) is 5.40. The highest BCUT2D eigenvalue weighted by molar-refractivity contribution is 7.12. The molecule has 0 bridgehead atoms. The van der Waals surface area contributed by atoms with Crippen LogP contribution in [0.25, 0.3) is 11.1 Å². The van der Waals surface area contributed by atoms with Crippen LogP contribution in [0.2, 0.25) is 0 Å². The maximum Gasteiger partial charge on any atom is 0.212 e. The standard InChI is InChI=1S/C15H16N4S/c1-11-8-16-15(18-11)19-17-9-14-7-13(10-20-14)12-5-3-2-4-6-12/h2-7,9-11H,8H2,1H3,(H2,16,18,19)/b17-9+. The number of hydrogen-bond donors (Lipinski definition) is 2. The zero-order chi connectivity index (χ0) is 13.8. The van der Waals surface area contributed by atoms with E-state index in [2.05, 4.69) is 51.3 Å². The molecular formula is C15H16N4S. The number of aliphatic imine (C=N–C) groups is 1. The lowest BCUT2D eigenvalue weighted by Gasteiger charge is -2.03. The Morgan fingerprint density at radius 1 is 1.35 bits per heavy atom. The van der Waals surface area contributed by atoms with Crippen LogP contribution in [0, 0.1) is 0 Å². The lowest BCUT2D eigenvalue weighted by Crippen LogP contribution is -2.34. The molecule has 0 aliphatic carbocycles. The van der Waals surface area contributed by atoms with E-state index in [1.165, 1.54) is 11.1 Å². The molecule has 0 fully saturated rings. The molecule has 1 aliphatic rings. The normalized spacial score (nSPS) is 18.1. The summed E-state index contributed by atoms with van der Waals surface area (Å²) in [6, 6.07) is 12.9. The van der Waals surface area contributed by atoms with E-state index in [4.69, 9.17) is 0 Å². The molecule has 1 aromatic carbocycles. The number of nitrogens with zero attached hydrogens (tertiary/aromatic N) is 2. The third-order valence-corrected chi connectivity index (χ3v) is 3.86. The average Bonchev–Trinajstić information content (AvgIpc) is 3.09. The maximum absolute atomic E-state index is 4.28. The Kier molecular flexibility index (Phi) is 3.78. The van der Waals surface area contributed by atoms with E-state index in [0.717, 1.165) is 17.4 Å². The highest BCUT2D eigenvalue weighted by atomic mass is 32.1. The van der Waals surface area contributed by atoms with Gasteiger partial charge in [0.25, 0.3) is 0 Å². The molecule has 0 radical (unpaired) electrons. The Morgan fingerprint density at radius 2 is 2.20 bits per heavy atom. The van der Waals surface area contributed by atoms with Crippen molar-refractivity contribution in [3.05, 3.63) is 46.7 Å². The Morgan fingerprint density at radius 3 is 2.95 bits per heavy atom. The minimum Gasteiger partial charge on any atom is -0.351 e. The molecule has 0 saturated heterocycles. The van der Waals surface area contributed by atoms with E-state index in [9.17, 15) is 0 Å². The van der Waals surface area contributed by atoms with E-state index in [-0.39, 0.29) is 0 Å². The summed E-state index contributed by atoms with van der Waals surface area (Å²) >= 11 is 1.68. The number of hydrogen-bond acceptors (Lipinski definition) is 5. The maximum atomic E-state index is 4.28. The lowest BCUT2D eigenvalue weighted by molar-refractivity contribution is 0.717. The number of rotatable bonds is 3. The van der Waals surface area contributed by atoms with Gasteiger partial charge in [-0.15, -0.1) is 11.3 Å². The second-order valence-corrected chi connectivity index (χ2v) is 5.65. The topological polar surface area (TPSA) is 48.8 Å². The van der Waals surface area contributed by atoms with Gasteiger partial charge in [0.05, 0.1) is 12.8 Å². The van der Waals surface area contributed by atoms with Gasteiger partial charge in [-0.3, -0.25) is 0 Å². The SMILES string of the molecule is CC1CN=C(N/N=C/c2cc(-c3ccccc3)cs2)N1. The van der Waals surface area contributed by atoms with Crippen LogP contribution in [0.1, 0.15) is 11.8 Å². The summed E-state index contributed by atoms with van der Waals surface area (Å²) in [5.41, 5.74) is 5.38. The molecule has 102 valence electrons. The van der Waals surface area contributed by atoms with Gasteiger partial charge >= 0.3 is 0 Å². The molecule has 1 aliphatic heterocycles. The first-order valence-corrected chi connectivity index (χ1v) is 7.43. The van der Waals surface area contributed by atoms with Crippen LogP contribution in [0.3, 0.4) is 0 Å². The van der Waals surface area contributed by atoms with Crippen molar-refractivity contribution in [1.82, 2.24) is 10.7 Å². The lowest BCUT2D eigenvalue weighted by atomic mass is 10.1. The van der Waals surface area contributed by atoms with Crippen LogP contribution in [0.5, 0.6) is 0 Å². The quantitative estimate of drug-likeness (QED) is 0.672. The van der Waals surface area contributed by atoms with Gasteiger partial charge in [0, 0.05) is 10.9 Å². The molecule has 1 unspecified atom stereocenters. The molecule has 4 nitrogen and oxygen atoms in total. The van der Waals surface area contributed by atoms with Gasteiger partial charge < -0.3 is 5.32 Å². The summed E-state index contributed by atoms with van der Waals surface area (Å²) in [5, 5.41) is 9.55. The van der Waals surface area contributed by atoms with Crippen molar-refractivity contribution < 1.29 is 0 Å². The van der Waals surface area contributed by atoms with E-state index >= 15 is 0 Å². The summed E-state index contributed by atoms with van der Waals surface area (Å²) in [6.45, 7) is 2.89. The fourth-order valence-electron chi connectivity index (χ4n) is 1.98. The number of thiophene rings is 1. The minimum absolute atomic E-state index is 0.388. The van der Waals surface area contributed by atoms with Crippen molar-refractivity contribution in [3.63, 3.8) is 0 Å². The van der Waals surface area contributed by atoms with Crippen LogP contribution >= 0.6 is 11.3 Å². The van der Waals surface area contributed by atoms with E-state index in [1.807, 2.05) is 24.4 Å². The average molecular weight is 284 g/mol. The fraction of sp³-hybridized carbons (Fsp3) is 0.200. The number of benzene rings is 1. The first-order valence-electron chi connectivity index (χ1n) is 6.55. The minimum atomic E-state index is 0.388. The van der Waals surface area contributed by atoms with Crippen molar-refractivity contribution in [2.45, 2.75) is 13.0 Å². The molecule has 5 heteroatoms. The van der Waals surface area contributed by atoms with E-state index < -0.39 is 0 Å². The Balaban J connectivity index is 1.63. The largest absolute Gasteiger partial charge is 0.351 e. The number of hydrazone groups is 1. The highest BCUT2D eigenvalue weighted by Crippen LogP contribution is 2.24. The molecular weight excluding hydrogens is 268 g/mol. The van der Waals surface area contributed by atoms with Crippen LogP contribution in [-0.4, -0.2) is 24.8 Å². The third kappa shape index (κ3) is 3.05. The highest BCUT2D eigenvalue weighted by Gasteiger charge is 2.10. The van der Waals surface area contributed by atoms with Crippen LogP contribution in [0.4, 0.5) is 0 Å². The molecule has 1 aromatic heterocycles. The third-order valence-electron chi connectivity index (χ3n) is 3.00. The zero-order valence-corrected chi connectivity index (χ0v) is 12.0. The first-order chi connectivity index (χ1) is 9.81. The van der Waals surface area contributed by atoms with Crippen molar-refractivity contribution in [2.24, 2.45) is 10.1 Å². The predicted octanol–water partition coefficient (Wildman–Crippen LogP) is 2.69. The van der Waals surface area contributed by atoms with Crippen molar-refractivity contribution in [1.29, 1.82) is 0 Å². The monoisotopic (exact) mass is 284 g/mol. The molecule has 2 N–H and O–H groups in total. The van der Waals surface area contributed by atoms with Gasteiger partial charge in [-0.05, 0) is 29.5 Å². The zero-order valence-electron chi connectivity index (χ0n) is 11.2. The van der Waals surface area contributed by atoms with Crippen LogP contribution in [-0.2, 0) is 0 Å². The van der Waals surface area contributed by atoms with Crippen LogP contribution < -0.4 is 10.7 Å². The fourth-order valence-corrected chi connectivity index (χ4v) is 2.76. The van der Waals surface area contributed by atoms with Gasteiger partial charge in [-0.2, -0.15) is 5.10 Å². The number of guanidine groups is 1. The Hall–Kier alpha value is -2.14. The van der Waals surface area contributed by atoms with E-state index in [0.29, 0.717) is 6.04 Å². The second-order valence-electron chi connectivity index (χ2n) is 4.71. The molecule has 3 rings (SSSR count). The Bertz CT molecular complexity index is 630. The summed E-state index contributed by atoms with van der Waals surface area (Å²) in [7, 11) is 0. The van der Waals surface area contributed by atoms with Gasteiger partial charge in [-0.1, -0.05) is 30.3 Å². The summed E-state index contributed by atoms with van der Waals surface area (Å²) < 4.78 is 0.